The van der Waals surface area contributed by atoms with Crippen LogP contribution in [0.4, 0.5) is 10.1 Å². The fraction of sp³-hybridized carbons (Fsp3) is 0.467. The summed E-state index contributed by atoms with van der Waals surface area (Å²) < 4.78 is 26.5. The second kappa shape index (κ2) is 6.04. The van der Waals surface area contributed by atoms with Crippen molar-refractivity contribution in [3.05, 3.63) is 29.1 Å². The van der Waals surface area contributed by atoms with Crippen molar-refractivity contribution in [2.24, 2.45) is 4.99 Å². The van der Waals surface area contributed by atoms with Gasteiger partial charge in [-0.15, -0.1) is 0 Å². The van der Waals surface area contributed by atoms with Gasteiger partial charge in [-0.2, -0.15) is 0 Å². The molecule has 4 nitrogen and oxygen atoms in total. The topological polar surface area (TPSA) is 44.7 Å². The van der Waals surface area contributed by atoms with Crippen LogP contribution >= 0.6 is 12.2 Å². The molecule has 1 N–H and O–H groups in total. The molecule has 1 aliphatic rings. The fourth-order valence-corrected chi connectivity index (χ4v) is 3.72. The van der Waals surface area contributed by atoms with Gasteiger partial charge >= 0.3 is 0 Å². The third-order valence-corrected chi connectivity index (χ3v) is 5.41. The molecule has 7 heteroatoms. The lowest BCUT2D eigenvalue weighted by molar-refractivity contribution is 0.616. The average Bonchev–Trinajstić information content (AvgIpc) is 2.69. The van der Waals surface area contributed by atoms with E-state index in [9.17, 15) is 8.60 Å². The highest BCUT2D eigenvalue weighted by atomic mass is 32.2. The van der Waals surface area contributed by atoms with Crippen LogP contribution in [0.25, 0.3) is 0 Å². The van der Waals surface area contributed by atoms with Gasteiger partial charge < -0.3 is 10.2 Å². The van der Waals surface area contributed by atoms with Gasteiger partial charge in [0, 0.05) is 19.8 Å². The first kappa shape index (κ1) is 17.0. The highest BCUT2D eigenvalue weighted by molar-refractivity contribution is 8.00. The number of rotatable bonds is 3. The molecular weight excluding hydrogens is 321 g/mol. The van der Waals surface area contributed by atoms with Gasteiger partial charge in [0.25, 0.3) is 0 Å². The molecule has 0 spiro atoms. The minimum Gasteiger partial charge on any atom is -0.377 e. The summed E-state index contributed by atoms with van der Waals surface area (Å²) >= 11 is 5.20. The minimum absolute atomic E-state index is 0.196. The number of nitrogens with one attached hydrogen (secondary N) is 1. The first-order chi connectivity index (χ1) is 10.1. The van der Waals surface area contributed by atoms with Crippen molar-refractivity contribution in [2.45, 2.75) is 32.1 Å². The number of hydrogen-bond acceptors (Lipinski definition) is 4. The summed E-state index contributed by atoms with van der Waals surface area (Å²) in [4.78, 5) is 6.82. The first-order valence-electron chi connectivity index (χ1n) is 6.88. The molecule has 1 atom stereocenters. The number of hydrogen-bond donors (Lipinski definition) is 1. The van der Waals surface area contributed by atoms with Crippen LogP contribution in [0, 0.1) is 12.7 Å². The quantitative estimate of drug-likeness (QED) is 0.858. The smallest absolute Gasteiger partial charge is 0.193 e. The van der Waals surface area contributed by atoms with Gasteiger partial charge in [-0.3, -0.25) is 4.21 Å². The monoisotopic (exact) mass is 341 g/mol. The summed E-state index contributed by atoms with van der Waals surface area (Å²) in [7, 11) is 2.35. The Bertz CT molecular complexity index is 684. The van der Waals surface area contributed by atoms with E-state index in [1.165, 1.54) is 6.07 Å². The Labute approximate surface area is 138 Å². The standard InChI is InChI=1S/C15H20FN3OS2/c1-9-10(12(19(4)5)7-6-11(9)16)8-22(20)14-17-13(21)15(2,3)18-14/h6-7H,8H2,1-5H3,(H,17,18,21). The van der Waals surface area contributed by atoms with E-state index in [2.05, 4.69) is 10.3 Å². The molecular formula is C15H20FN3OS2. The van der Waals surface area contributed by atoms with Crippen molar-refractivity contribution in [3.8, 4) is 0 Å². The first-order valence-corrected chi connectivity index (χ1v) is 8.61. The molecule has 22 heavy (non-hydrogen) atoms. The van der Waals surface area contributed by atoms with Crippen molar-refractivity contribution < 1.29 is 8.60 Å². The Hall–Kier alpha value is -1.34. The van der Waals surface area contributed by atoms with E-state index in [4.69, 9.17) is 12.2 Å². The van der Waals surface area contributed by atoms with Crippen LogP contribution in [0.15, 0.2) is 17.1 Å². The Kier molecular flexibility index (Phi) is 4.67. The second-order valence-corrected chi connectivity index (χ2v) is 7.76. The minimum atomic E-state index is -1.40. The summed E-state index contributed by atoms with van der Waals surface area (Å²) in [6.45, 7) is 5.43. The molecule has 0 aliphatic carbocycles. The zero-order valence-electron chi connectivity index (χ0n) is 13.4. The Balaban J connectivity index is 2.34. The number of thiocarbonyl (C=S) groups is 1. The maximum atomic E-state index is 13.9. The summed E-state index contributed by atoms with van der Waals surface area (Å²) in [5.74, 6) is -0.100. The van der Waals surface area contributed by atoms with Crippen molar-refractivity contribution in [2.75, 3.05) is 19.0 Å². The van der Waals surface area contributed by atoms with E-state index in [0.29, 0.717) is 15.7 Å². The van der Waals surface area contributed by atoms with Crippen molar-refractivity contribution in [3.63, 3.8) is 0 Å². The lowest BCUT2D eigenvalue weighted by Gasteiger charge is -2.19. The largest absolute Gasteiger partial charge is 0.377 e. The average molecular weight is 341 g/mol. The molecule has 2 rings (SSSR count). The number of benzene rings is 1. The second-order valence-electron chi connectivity index (χ2n) is 5.98. The Morgan fingerprint density at radius 1 is 1.41 bits per heavy atom. The van der Waals surface area contributed by atoms with Crippen molar-refractivity contribution in [1.82, 2.24) is 5.32 Å². The van der Waals surface area contributed by atoms with E-state index >= 15 is 0 Å². The van der Waals surface area contributed by atoms with E-state index in [-0.39, 0.29) is 11.6 Å². The lowest BCUT2D eigenvalue weighted by atomic mass is 10.1. The number of nitrogens with zero attached hydrogens (tertiary/aromatic N) is 2. The van der Waals surface area contributed by atoms with Crippen LogP contribution in [0.3, 0.4) is 0 Å². The van der Waals surface area contributed by atoms with Gasteiger partial charge in [0.1, 0.15) is 16.3 Å². The highest BCUT2D eigenvalue weighted by Crippen LogP contribution is 2.27. The molecule has 0 bridgehead atoms. The van der Waals surface area contributed by atoms with Crippen LogP contribution in [0.2, 0.25) is 0 Å². The maximum Gasteiger partial charge on any atom is 0.193 e. The predicted octanol–water partition coefficient (Wildman–Crippen LogP) is 2.51. The van der Waals surface area contributed by atoms with Gasteiger partial charge in [0.15, 0.2) is 5.17 Å². The Morgan fingerprint density at radius 3 is 2.55 bits per heavy atom. The molecule has 0 amide bonds. The summed E-state index contributed by atoms with van der Waals surface area (Å²) in [6, 6.07) is 3.13. The summed E-state index contributed by atoms with van der Waals surface area (Å²) in [5.41, 5.74) is 1.55. The van der Waals surface area contributed by atoms with Crippen LogP contribution < -0.4 is 10.2 Å². The molecule has 1 heterocycles. The van der Waals surface area contributed by atoms with Crippen molar-refractivity contribution in [1.29, 1.82) is 0 Å². The Morgan fingerprint density at radius 2 is 2.05 bits per heavy atom. The number of aliphatic imine (C=N–C) groups is 1. The molecule has 0 saturated carbocycles. The molecule has 0 fully saturated rings. The predicted molar refractivity (Wildman–Crippen MR) is 94.6 cm³/mol. The van der Waals surface area contributed by atoms with Crippen LogP contribution in [0.5, 0.6) is 0 Å². The van der Waals surface area contributed by atoms with E-state index in [1.807, 2.05) is 32.8 Å². The van der Waals surface area contributed by atoms with Crippen LogP contribution in [-0.2, 0) is 16.6 Å². The zero-order valence-corrected chi connectivity index (χ0v) is 15.0. The highest BCUT2D eigenvalue weighted by Gasteiger charge is 2.33. The molecule has 1 unspecified atom stereocenters. The van der Waals surface area contributed by atoms with E-state index in [0.717, 1.165) is 11.3 Å². The van der Waals surface area contributed by atoms with Crippen LogP contribution in [-0.4, -0.2) is 34.0 Å². The summed E-state index contributed by atoms with van der Waals surface area (Å²) in [6.07, 6.45) is 0. The molecule has 1 aromatic carbocycles. The zero-order chi connectivity index (χ0) is 16.7. The third kappa shape index (κ3) is 3.20. The molecule has 1 aromatic rings. The molecule has 120 valence electrons. The van der Waals surface area contributed by atoms with Gasteiger partial charge in [-0.1, -0.05) is 12.2 Å². The molecule has 1 aliphatic heterocycles. The summed E-state index contributed by atoms with van der Waals surface area (Å²) in [5, 5.41) is 3.29. The molecule has 0 aromatic heterocycles. The SMILES string of the molecule is Cc1c(F)ccc(N(C)C)c1CS(=O)C1=NC(C)(C)C(=S)N1. The maximum absolute atomic E-state index is 13.9. The number of anilines is 1. The van der Waals surface area contributed by atoms with Gasteiger partial charge in [0.05, 0.1) is 16.6 Å². The third-order valence-electron chi connectivity index (χ3n) is 3.64. The van der Waals surface area contributed by atoms with Gasteiger partial charge in [-0.05, 0) is 44.0 Å². The van der Waals surface area contributed by atoms with E-state index in [1.54, 1.807) is 13.0 Å². The molecule has 0 saturated heterocycles. The number of amidine groups is 1. The molecule has 0 radical (unpaired) electrons. The lowest BCUT2D eigenvalue weighted by Crippen LogP contribution is -2.34. The fourth-order valence-electron chi connectivity index (χ4n) is 2.21. The van der Waals surface area contributed by atoms with Crippen LogP contribution in [0.1, 0.15) is 25.0 Å². The number of halogens is 1. The normalized spacial score (nSPS) is 17.9. The van der Waals surface area contributed by atoms with Gasteiger partial charge in [0.2, 0.25) is 0 Å². The van der Waals surface area contributed by atoms with E-state index < -0.39 is 16.3 Å². The van der Waals surface area contributed by atoms with Crippen molar-refractivity contribution >= 4 is 38.9 Å². The van der Waals surface area contributed by atoms with Gasteiger partial charge in [-0.25, -0.2) is 9.38 Å².